The highest BCUT2D eigenvalue weighted by atomic mass is 15.4. The van der Waals surface area contributed by atoms with E-state index < -0.39 is 0 Å². The largest absolute Gasteiger partial charge is 0.348 e. The molecule has 0 atom stereocenters. The average Bonchev–Trinajstić information content (AvgIpc) is 2.13. The number of hydrogen-bond donors (Lipinski definition) is 0. The maximum Gasteiger partial charge on any atom is 0.132 e. The van der Waals surface area contributed by atoms with Crippen LogP contribution in [0.15, 0.2) is 18.6 Å². The Labute approximate surface area is 103 Å². The van der Waals surface area contributed by atoms with Crippen LogP contribution in [-0.2, 0) is 0 Å². The van der Waals surface area contributed by atoms with Gasteiger partial charge >= 0.3 is 0 Å². The molecule has 4 nitrogen and oxygen atoms in total. The summed E-state index contributed by atoms with van der Waals surface area (Å²) in [5.41, 5.74) is 0.653. The Balaban J connectivity index is 1.72. The van der Waals surface area contributed by atoms with Crippen LogP contribution in [0.5, 0.6) is 0 Å². The van der Waals surface area contributed by atoms with E-state index in [0.717, 1.165) is 12.4 Å². The van der Waals surface area contributed by atoms with Gasteiger partial charge in [-0.1, -0.05) is 0 Å². The molecule has 3 rings (SSSR count). The van der Waals surface area contributed by atoms with Gasteiger partial charge in [0.2, 0.25) is 0 Å². The van der Waals surface area contributed by atoms with Crippen molar-refractivity contribution in [1.29, 1.82) is 0 Å². The fourth-order valence-corrected chi connectivity index (χ4v) is 2.81. The molecule has 2 saturated heterocycles. The van der Waals surface area contributed by atoms with Gasteiger partial charge in [0, 0.05) is 31.4 Å². The molecule has 3 heterocycles. The standard InChI is InChI=1S/C13H20N4/c1-12(2,3)16-8-13(9-16)5-7-17(13)11-4-6-14-10-15-11/h4,6,10H,5,7-9H2,1-3H3. The van der Waals surface area contributed by atoms with Crippen LogP contribution in [0.25, 0.3) is 0 Å². The van der Waals surface area contributed by atoms with Crippen molar-refractivity contribution in [3.63, 3.8) is 0 Å². The van der Waals surface area contributed by atoms with Crippen LogP contribution in [0.4, 0.5) is 5.82 Å². The van der Waals surface area contributed by atoms with E-state index in [9.17, 15) is 0 Å². The highest BCUT2D eigenvalue weighted by Gasteiger charge is 2.55. The molecular formula is C13H20N4. The Hall–Kier alpha value is -1.16. The average molecular weight is 232 g/mol. The van der Waals surface area contributed by atoms with Crippen molar-refractivity contribution in [2.75, 3.05) is 24.5 Å². The second-order valence-corrected chi connectivity index (χ2v) is 6.22. The molecule has 92 valence electrons. The van der Waals surface area contributed by atoms with Gasteiger partial charge in [-0.25, -0.2) is 9.97 Å². The molecule has 4 heteroatoms. The maximum absolute atomic E-state index is 4.36. The summed E-state index contributed by atoms with van der Waals surface area (Å²) in [6.07, 6.45) is 4.76. The molecule has 1 aromatic rings. The first-order valence-electron chi connectivity index (χ1n) is 6.30. The van der Waals surface area contributed by atoms with E-state index in [-0.39, 0.29) is 5.54 Å². The predicted molar refractivity (Wildman–Crippen MR) is 68.1 cm³/mol. The molecule has 0 amide bonds. The zero-order valence-corrected chi connectivity index (χ0v) is 10.8. The molecule has 17 heavy (non-hydrogen) atoms. The molecule has 0 bridgehead atoms. The van der Waals surface area contributed by atoms with Crippen molar-refractivity contribution in [2.24, 2.45) is 0 Å². The number of nitrogens with zero attached hydrogens (tertiary/aromatic N) is 4. The molecule has 1 spiro atoms. The van der Waals surface area contributed by atoms with Crippen molar-refractivity contribution < 1.29 is 0 Å². The zero-order chi connectivity index (χ0) is 12.1. The number of hydrogen-bond acceptors (Lipinski definition) is 4. The summed E-state index contributed by atoms with van der Waals surface area (Å²) in [7, 11) is 0. The van der Waals surface area contributed by atoms with Gasteiger partial charge in [-0.05, 0) is 33.3 Å². The van der Waals surface area contributed by atoms with E-state index in [2.05, 4.69) is 40.5 Å². The highest BCUT2D eigenvalue weighted by molar-refractivity contribution is 5.47. The van der Waals surface area contributed by atoms with Crippen molar-refractivity contribution in [1.82, 2.24) is 14.9 Å². The van der Waals surface area contributed by atoms with Crippen molar-refractivity contribution in [3.05, 3.63) is 18.6 Å². The molecule has 2 fully saturated rings. The predicted octanol–water partition coefficient (Wildman–Crippen LogP) is 1.54. The Bertz CT molecular complexity index is 403. The quantitative estimate of drug-likeness (QED) is 0.735. The van der Waals surface area contributed by atoms with E-state index in [1.807, 2.05) is 12.3 Å². The van der Waals surface area contributed by atoms with Crippen LogP contribution in [0, 0.1) is 0 Å². The fourth-order valence-electron chi connectivity index (χ4n) is 2.81. The normalized spacial score (nSPS) is 23.4. The summed E-state index contributed by atoms with van der Waals surface area (Å²) in [4.78, 5) is 13.3. The minimum atomic E-state index is 0.290. The van der Waals surface area contributed by atoms with Crippen LogP contribution >= 0.6 is 0 Å². The van der Waals surface area contributed by atoms with E-state index in [0.29, 0.717) is 5.54 Å². The fraction of sp³-hybridized carbons (Fsp3) is 0.692. The number of aromatic nitrogens is 2. The molecule has 2 aliphatic heterocycles. The Morgan fingerprint density at radius 1 is 1.29 bits per heavy atom. The summed E-state index contributed by atoms with van der Waals surface area (Å²) in [5, 5.41) is 0. The van der Waals surface area contributed by atoms with Gasteiger partial charge in [-0.15, -0.1) is 0 Å². The molecule has 0 aromatic carbocycles. The molecule has 0 unspecified atom stereocenters. The first kappa shape index (κ1) is 11.0. The number of anilines is 1. The lowest BCUT2D eigenvalue weighted by molar-refractivity contribution is -0.0366. The van der Waals surface area contributed by atoms with Gasteiger partial charge in [0.1, 0.15) is 12.1 Å². The third-order valence-corrected chi connectivity index (χ3v) is 4.14. The molecule has 0 N–H and O–H groups in total. The van der Waals surface area contributed by atoms with Crippen molar-refractivity contribution in [3.8, 4) is 0 Å². The van der Waals surface area contributed by atoms with E-state index in [1.165, 1.54) is 19.5 Å². The van der Waals surface area contributed by atoms with Gasteiger partial charge in [0.05, 0.1) is 5.54 Å². The second kappa shape index (κ2) is 3.42. The zero-order valence-electron chi connectivity index (χ0n) is 10.8. The van der Waals surface area contributed by atoms with Gasteiger partial charge in [-0.2, -0.15) is 0 Å². The third-order valence-electron chi connectivity index (χ3n) is 4.14. The maximum atomic E-state index is 4.36. The smallest absolute Gasteiger partial charge is 0.132 e. The summed E-state index contributed by atoms with van der Waals surface area (Å²) in [6, 6.07) is 2.01. The summed E-state index contributed by atoms with van der Waals surface area (Å²) in [6.45, 7) is 10.3. The van der Waals surface area contributed by atoms with E-state index in [4.69, 9.17) is 0 Å². The lowest BCUT2D eigenvalue weighted by atomic mass is 9.75. The molecular weight excluding hydrogens is 212 g/mol. The minimum Gasteiger partial charge on any atom is -0.348 e. The van der Waals surface area contributed by atoms with E-state index >= 15 is 0 Å². The monoisotopic (exact) mass is 232 g/mol. The molecule has 1 aromatic heterocycles. The Morgan fingerprint density at radius 3 is 2.53 bits per heavy atom. The Morgan fingerprint density at radius 2 is 2.06 bits per heavy atom. The first-order valence-corrected chi connectivity index (χ1v) is 6.30. The van der Waals surface area contributed by atoms with Gasteiger partial charge in [-0.3, -0.25) is 4.90 Å². The van der Waals surface area contributed by atoms with Crippen LogP contribution in [0.1, 0.15) is 27.2 Å². The SMILES string of the molecule is CC(C)(C)N1CC2(CCN2c2ccncn2)C1. The van der Waals surface area contributed by atoms with Crippen LogP contribution in [0.2, 0.25) is 0 Å². The molecule has 0 radical (unpaired) electrons. The van der Waals surface area contributed by atoms with Crippen LogP contribution in [0.3, 0.4) is 0 Å². The minimum absolute atomic E-state index is 0.290. The molecule has 0 saturated carbocycles. The van der Waals surface area contributed by atoms with Gasteiger partial charge in [0.25, 0.3) is 0 Å². The van der Waals surface area contributed by atoms with Crippen molar-refractivity contribution in [2.45, 2.75) is 38.3 Å². The van der Waals surface area contributed by atoms with Gasteiger partial charge in [0.15, 0.2) is 0 Å². The van der Waals surface area contributed by atoms with E-state index in [1.54, 1.807) is 6.33 Å². The number of rotatable bonds is 1. The van der Waals surface area contributed by atoms with Crippen LogP contribution < -0.4 is 4.90 Å². The van der Waals surface area contributed by atoms with Gasteiger partial charge < -0.3 is 4.90 Å². The summed E-state index contributed by atoms with van der Waals surface area (Å²) >= 11 is 0. The van der Waals surface area contributed by atoms with Crippen LogP contribution in [-0.4, -0.2) is 45.6 Å². The second-order valence-electron chi connectivity index (χ2n) is 6.22. The van der Waals surface area contributed by atoms with Crippen molar-refractivity contribution >= 4 is 5.82 Å². The molecule has 2 aliphatic rings. The number of likely N-dealkylation sites (tertiary alicyclic amines) is 1. The summed E-state index contributed by atoms with van der Waals surface area (Å²) < 4.78 is 0. The first-order chi connectivity index (χ1) is 8.01. The lowest BCUT2D eigenvalue weighted by Crippen LogP contribution is -2.79. The topological polar surface area (TPSA) is 32.3 Å². The third kappa shape index (κ3) is 1.62. The molecule has 0 aliphatic carbocycles. The Kier molecular flexibility index (Phi) is 2.20. The highest BCUT2D eigenvalue weighted by Crippen LogP contribution is 2.43. The lowest BCUT2D eigenvalue weighted by Gasteiger charge is -2.65. The summed E-state index contributed by atoms with van der Waals surface area (Å²) in [5.74, 6) is 1.08.